The summed E-state index contributed by atoms with van der Waals surface area (Å²) in [5.74, 6) is 0.844. The number of amides is 3. The number of rotatable bonds is 5. The number of likely N-dealkylation sites (tertiary alicyclic amines) is 1. The van der Waals surface area contributed by atoms with Crippen molar-refractivity contribution in [1.29, 1.82) is 0 Å². The van der Waals surface area contributed by atoms with Gasteiger partial charge in [0.05, 0.1) is 12.1 Å². The zero-order chi connectivity index (χ0) is 25.1. The van der Waals surface area contributed by atoms with E-state index in [2.05, 4.69) is 5.16 Å². The minimum Gasteiger partial charge on any atom is -0.444 e. The molecule has 1 unspecified atom stereocenters. The molecule has 9 nitrogen and oxygen atoms in total. The van der Waals surface area contributed by atoms with Crippen molar-refractivity contribution in [3.8, 4) is 0 Å². The van der Waals surface area contributed by atoms with Gasteiger partial charge in [0.2, 0.25) is 0 Å². The molecule has 1 aliphatic carbocycles. The highest BCUT2D eigenvalue weighted by atomic mass is 16.7. The molecule has 3 aliphatic heterocycles. The maximum Gasteiger partial charge on any atom is 0.410 e. The lowest BCUT2D eigenvalue weighted by Gasteiger charge is -2.35. The number of carbonyl (C=O) groups excluding carboxylic acids is 2. The van der Waals surface area contributed by atoms with E-state index in [9.17, 15) is 9.59 Å². The van der Waals surface area contributed by atoms with Crippen molar-refractivity contribution in [1.82, 2.24) is 20.0 Å². The van der Waals surface area contributed by atoms with Gasteiger partial charge in [-0.1, -0.05) is 35.5 Å². The van der Waals surface area contributed by atoms with Crippen molar-refractivity contribution < 1.29 is 23.7 Å². The number of carbonyl (C=O) groups is 2. The van der Waals surface area contributed by atoms with Crippen molar-refractivity contribution in [3.63, 3.8) is 0 Å². The molecular formula is C27H34N4O5. The largest absolute Gasteiger partial charge is 0.444 e. The van der Waals surface area contributed by atoms with Gasteiger partial charge in [-0.2, -0.15) is 5.06 Å². The highest BCUT2D eigenvalue weighted by Gasteiger charge is 2.63. The van der Waals surface area contributed by atoms with Crippen LogP contribution in [0.4, 0.5) is 9.59 Å². The Labute approximate surface area is 211 Å². The van der Waals surface area contributed by atoms with E-state index in [1.165, 1.54) is 0 Å². The molecule has 3 amide bonds. The molecule has 1 spiro atoms. The van der Waals surface area contributed by atoms with E-state index in [-0.39, 0.29) is 35.5 Å². The van der Waals surface area contributed by atoms with Crippen molar-refractivity contribution in [2.24, 2.45) is 5.41 Å². The fraction of sp³-hybridized carbons (Fsp3) is 0.593. The highest BCUT2D eigenvalue weighted by Crippen LogP contribution is 2.61. The number of benzene rings is 1. The SMILES string of the molecule is CC(C)(C)OC(=O)N1CCC(c2cc([C@@H]3CC4(CC4)[C@@H]4CN3C(=O)N4OCc3ccccc3)no2)C1. The number of hydrogen-bond acceptors (Lipinski definition) is 6. The summed E-state index contributed by atoms with van der Waals surface area (Å²) in [6.45, 7) is 7.81. The molecule has 6 rings (SSSR count). The van der Waals surface area contributed by atoms with Gasteiger partial charge in [0.1, 0.15) is 23.7 Å². The first-order valence-electron chi connectivity index (χ1n) is 12.9. The van der Waals surface area contributed by atoms with E-state index in [0.717, 1.165) is 42.7 Å². The summed E-state index contributed by atoms with van der Waals surface area (Å²) >= 11 is 0. The van der Waals surface area contributed by atoms with Crippen molar-refractivity contribution >= 4 is 12.1 Å². The maximum atomic E-state index is 13.4. The van der Waals surface area contributed by atoms with Gasteiger partial charge in [0.15, 0.2) is 0 Å². The van der Waals surface area contributed by atoms with Gasteiger partial charge in [-0.05, 0) is 57.4 Å². The normalized spacial score (nSPS) is 26.7. The van der Waals surface area contributed by atoms with E-state index in [4.69, 9.17) is 14.1 Å². The van der Waals surface area contributed by atoms with Crippen molar-refractivity contribution in [2.75, 3.05) is 19.6 Å². The fourth-order valence-corrected chi connectivity index (χ4v) is 5.90. The van der Waals surface area contributed by atoms with E-state index in [0.29, 0.717) is 26.2 Å². The lowest BCUT2D eigenvalue weighted by molar-refractivity contribution is -0.153. The van der Waals surface area contributed by atoms with Crippen LogP contribution in [0.5, 0.6) is 0 Å². The molecule has 36 heavy (non-hydrogen) atoms. The molecule has 2 aromatic rings. The summed E-state index contributed by atoms with van der Waals surface area (Å²) in [5, 5.41) is 6.04. The molecule has 1 aromatic heterocycles. The first-order chi connectivity index (χ1) is 17.2. The van der Waals surface area contributed by atoms with Crippen LogP contribution >= 0.6 is 0 Å². The Hall–Kier alpha value is -3.07. The average Bonchev–Trinajstić information content (AvgIpc) is 3.22. The van der Waals surface area contributed by atoms with Crippen LogP contribution in [0.3, 0.4) is 0 Å². The number of piperidine rings is 1. The van der Waals surface area contributed by atoms with Gasteiger partial charge >= 0.3 is 12.1 Å². The second-order valence-corrected chi connectivity index (χ2v) is 11.7. The van der Waals surface area contributed by atoms with Crippen LogP contribution < -0.4 is 0 Å². The number of urea groups is 1. The number of fused-ring (bicyclic) bond motifs is 3. The molecule has 4 fully saturated rings. The number of ether oxygens (including phenoxy) is 1. The van der Waals surface area contributed by atoms with E-state index >= 15 is 0 Å². The zero-order valence-corrected chi connectivity index (χ0v) is 21.2. The molecule has 1 aromatic carbocycles. The van der Waals surface area contributed by atoms with Crippen LogP contribution in [-0.4, -0.2) is 63.4 Å². The van der Waals surface area contributed by atoms with Crippen molar-refractivity contribution in [2.45, 2.75) is 76.7 Å². The predicted octanol–water partition coefficient (Wildman–Crippen LogP) is 4.86. The Morgan fingerprint density at radius 2 is 1.97 bits per heavy atom. The number of hydrogen-bond donors (Lipinski definition) is 0. The van der Waals surface area contributed by atoms with Crippen LogP contribution in [0.15, 0.2) is 40.9 Å². The van der Waals surface area contributed by atoms with Gasteiger partial charge in [0, 0.05) is 31.6 Å². The highest BCUT2D eigenvalue weighted by molar-refractivity contribution is 5.77. The Kier molecular flexibility index (Phi) is 5.51. The number of aromatic nitrogens is 1. The summed E-state index contributed by atoms with van der Waals surface area (Å²) in [6, 6.07) is 11.8. The standard InChI is InChI=1S/C27H34N4O5/c1-26(2,3)35-25(33)29-12-9-19(15-29)22-13-20(28-36-22)21-14-27(10-11-27)23-16-30(21)24(32)31(23)34-17-18-7-5-4-6-8-18/h4-8,13,19,21,23H,9-12,14-17H2,1-3H3/t19?,21-,23-/m0/s1. The molecule has 9 heteroatoms. The smallest absolute Gasteiger partial charge is 0.410 e. The number of hydroxylamine groups is 2. The molecular weight excluding hydrogens is 460 g/mol. The Morgan fingerprint density at radius 3 is 2.69 bits per heavy atom. The second kappa shape index (κ2) is 8.50. The van der Waals surface area contributed by atoms with Gasteiger partial charge in [-0.25, -0.2) is 9.59 Å². The lowest BCUT2D eigenvalue weighted by Crippen LogP contribution is -2.42. The lowest BCUT2D eigenvalue weighted by atomic mass is 9.84. The molecule has 4 aliphatic rings. The third-order valence-electron chi connectivity index (χ3n) is 8.01. The van der Waals surface area contributed by atoms with Crippen molar-refractivity contribution in [3.05, 3.63) is 53.4 Å². The Balaban J connectivity index is 1.14. The van der Waals surface area contributed by atoms with Crippen LogP contribution in [-0.2, 0) is 16.2 Å². The van der Waals surface area contributed by atoms with Crippen LogP contribution in [0.1, 0.15) is 75.4 Å². The van der Waals surface area contributed by atoms with E-state index < -0.39 is 5.60 Å². The average molecular weight is 495 g/mol. The topological polar surface area (TPSA) is 88.4 Å². The molecule has 3 saturated heterocycles. The molecule has 1 saturated carbocycles. The van der Waals surface area contributed by atoms with Gasteiger partial charge in [-0.15, -0.1) is 0 Å². The Bertz CT molecular complexity index is 1140. The van der Waals surface area contributed by atoms with Crippen LogP contribution in [0.25, 0.3) is 0 Å². The molecule has 0 N–H and O–H groups in total. The third kappa shape index (κ3) is 4.23. The monoisotopic (exact) mass is 494 g/mol. The van der Waals surface area contributed by atoms with Gasteiger partial charge < -0.3 is 19.1 Å². The summed E-state index contributed by atoms with van der Waals surface area (Å²) in [4.78, 5) is 35.6. The maximum absolute atomic E-state index is 13.4. The Morgan fingerprint density at radius 1 is 1.19 bits per heavy atom. The molecule has 4 heterocycles. The summed E-state index contributed by atoms with van der Waals surface area (Å²) in [6.07, 6.45) is 3.57. The van der Waals surface area contributed by atoms with Crippen LogP contribution in [0, 0.1) is 5.41 Å². The van der Waals surface area contributed by atoms with Gasteiger partial charge in [0.25, 0.3) is 0 Å². The van der Waals surface area contributed by atoms with E-state index in [1.54, 1.807) is 9.96 Å². The van der Waals surface area contributed by atoms with E-state index in [1.807, 2.05) is 62.1 Å². The molecule has 3 atom stereocenters. The minimum atomic E-state index is -0.521. The number of nitrogens with zero attached hydrogens (tertiary/aromatic N) is 4. The summed E-state index contributed by atoms with van der Waals surface area (Å²) in [5.41, 5.74) is 1.40. The molecule has 0 radical (unpaired) electrons. The second-order valence-electron chi connectivity index (χ2n) is 11.7. The quantitative estimate of drug-likeness (QED) is 0.590. The third-order valence-corrected chi connectivity index (χ3v) is 8.01. The molecule has 2 bridgehead atoms. The fourth-order valence-electron chi connectivity index (χ4n) is 5.90. The van der Waals surface area contributed by atoms with Gasteiger partial charge in [-0.3, -0.25) is 4.84 Å². The summed E-state index contributed by atoms with van der Waals surface area (Å²) in [7, 11) is 0. The first kappa shape index (κ1) is 23.3. The predicted molar refractivity (Wildman–Crippen MR) is 130 cm³/mol. The zero-order valence-electron chi connectivity index (χ0n) is 21.2. The summed E-state index contributed by atoms with van der Waals surface area (Å²) < 4.78 is 11.3. The molecule has 192 valence electrons. The minimum absolute atomic E-state index is 0.0741. The van der Waals surface area contributed by atoms with Crippen LogP contribution in [0.2, 0.25) is 0 Å². The first-order valence-corrected chi connectivity index (χ1v) is 12.9.